The number of nitrogens with one attached hydrogen (secondary N) is 2. The molecule has 0 aliphatic rings. The van der Waals surface area contributed by atoms with Crippen LogP contribution in [0, 0.1) is 0 Å². The number of phenols is 6. The number of phenolic OH excluding ortho intramolecular Hbond substituents is 6. The Kier molecular flexibility index (Phi) is 5.73. The summed E-state index contributed by atoms with van der Waals surface area (Å²) in [6.45, 7) is 3.58. The molecule has 0 saturated carbocycles. The molecule has 0 aliphatic heterocycles. The lowest BCUT2D eigenvalue weighted by molar-refractivity contribution is 0.0945. The summed E-state index contributed by atoms with van der Waals surface area (Å²) < 4.78 is 0. The Bertz CT molecular complexity index is 878. The van der Waals surface area contributed by atoms with Crippen molar-refractivity contribution in [3.63, 3.8) is 0 Å². The van der Waals surface area contributed by atoms with Gasteiger partial charge in [0.1, 0.15) is 0 Å². The largest absolute Gasteiger partial charge is 0.504 e. The zero-order valence-corrected chi connectivity index (χ0v) is 15.1. The van der Waals surface area contributed by atoms with Crippen molar-refractivity contribution in [2.45, 2.75) is 13.8 Å². The number of carbonyl (C=O) groups is 2. The van der Waals surface area contributed by atoms with Gasteiger partial charge in [-0.25, -0.2) is 0 Å². The summed E-state index contributed by atoms with van der Waals surface area (Å²) in [5.74, 6) is -7.24. The van der Waals surface area contributed by atoms with Crippen molar-refractivity contribution < 1.29 is 40.2 Å². The summed E-state index contributed by atoms with van der Waals surface area (Å²) in [4.78, 5) is 24.8. The Balaban J connectivity index is 2.98. The first-order chi connectivity index (χ1) is 13.1. The van der Waals surface area contributed by atoms with E-state index >= 15 is 0 Å². The first-order valence-electron chi connectivity index (χ1n) is 8.28. The van der Waals surface area contributed by atoms with E-state index in [0.717, 1.165) is 12.1 Å². The topological polar surface area (TPSA) is 180 Å². The van der Waals surface area contributed by atoms with Crippen LogP contribution in [0.3, 0.4) is 0 Å². The van der Waals surface area contributed by atoms with Gasteiger partial charge in [0.05, 0.1) is 11.1 Å². The van der Waals surface area contributed by atoms with E-state index in [2.05, 4.69) is 10.6 Å². The molecule has 0 bridgehead atoms. The molecule has 150 valence electrons. The van der Waals surface area contributed by atoms with Gasteiger partial charge in [0.15, 0.2) is 23.0 Å². The molecule has 0 unspecified atom stereocenters. The second-order valence-corrected chi connectivity index (χ2v) is 5.75. The predicted octanol–water partition coefficient (Wildman–Crippen LogP) is 1.09. The fourth-order valence-electron chi connectivity index (χ4n) is 2.66. The third kappa shape index (κ3) is 3.39. The van der Waals surface area contributed by atoms with Crippen molar-refractivity contribution in [3.8, 4) is 45.6 Å². The maximum atomic E-state index is 12.4. The molecule has 0 radical (unpaired) electrons. The summed E-state index contributed by atoms with van der Waals surface area (Å²) in [5, 5.41) is 65.0. The molecule has 0 atom stereocenters. The van der Waals surface area contributed by atoms with Gasteiger partial charge in [0.25, 0.3) is 11.8 Å². The zero-order chi connectivity index (χ0) is 21.2. The van der Waals surface area contributed by atoms with Crippen LogP contribution in [0.5, 0.6) is 34.5 Å². The molecule has 0 aliphatic carbocycles. The minimum Gasteiger partial charge on any atom is -0.504 e. The number of benzene rings is 2. The Hall–Kier alpha value is -3.82. The van der Waals surface area contributed by atoms with E-state index < -0.39 is 57.4 Å². The number of aromatic hydroxyl groups is 6. The van der Waals surface area contributed by atoms with Gasteiger partial charge in [-0.05, 0) is 26.0 Å². The first-order valence-corrected chi connectivity index (χ1v) is 8.28. The van der Waals surface area contributed by atoms with Crippen LogP contribution < -0.4 is 10.6 Å². The second kappa shape index (κ2) is 7.82. The van der Waals surface area contributed by atoms with Crippen molar-refractivity contribution in [2.75, 3.05) is 13.1 Å². The molecule has 2 rings (SSSR count). The maximum Gasteiger partial charge on any atom is 0.252 e. The fraction of sp³-hybridized carbons (Fsp3) is 0.222. The molecule has 10 heteroatoms. The molecule has 28 heavy (non-hydrogen) atoms. The SMILES string of the molecule is CCNC(=O)c1cc(O)c(O)c(O)c1-c1c(C(=O)NCC)cc(O)c(O)c1O. The molecule has 0 saturated heterocycles. The third-order valence-corrected chi connectivity index (χ3v) is 3.92. The van der Waals surface area contributed by atoms with Crippen LogP contribution >= 0.6 is 0 Å². The quantitative estimate of drug-likeness (QED) is 0.348. The van der Waals surface area contributed by atoms with Gasteiger partial charge in [-0.2, -0.15) is 0 Å². The van der Waals surface area contributed by atoms with Gasteiger partial charge in [-0.15, -0.1) is 0 Å². The molecule has 0 aromatic heterocycles. The van der Waals surface area contributed by atoms with E-state index in [4.69, 9.17) is 0 Å². The van der Waals surface area contributed by atoms with Crippen LogP contribution in [0.15, 0.2) is 12.1 Å². The summed E-state index contributed by atoms with van der Waals surface area (Å²) in [6.07, 6.45) is 0. The minimum atomic E-state index is -1.01. The van der Waals surface area contributed by atoms with E-state index in [1.165, 1.54) is 0 Å². The van der Waals surface area contributed by atoms with Crippen molar-refractivity contribution in [2.24, 2.45) is 0 Å². The summed E-state index contributed by atoms with van der Waals surface area (Å²) in [6, 6.07) is 1.67. The van der Waals surface area contributed by atoms with Crippen molar-refractivity contribution >= 4 is 11.8 Å². The van der Waals surface area contributed by atoms with E-state index in [9.17, 15) is 40.2 Å². The highest BCUT2D eigenvalue weighted by Crippen LogP contribution is 2.52. The molecule has 0 spiro atoms. The molecule has 0 fully saturated rings. The van der Waals surface area contributed by atoms with Gasteiger partial charge in [-0.1, -0.05) is 0 Å². The van der Waals surface area contributed by atoms with Gasteiger partial charge in [0, 0.05) is 24.2 Å². The monoisotopic (exact) mass is 392 g/mol. The minimum absolute atomic E-state index is 0.177. The number of hydrogen-bond donors (Lipinski definition) is 8. The Morgan fingerprint density at radius 1 is 0.679 bits per heavy atom. The van der Waals surface area contributed by atoms with Crippen molar-refractivity contribution in [3.05, 3.63) is 23.3 Å². The van der Waals surface area contributed by atoms with Gasteiger partial charge in [-0.3, -0.25) is 9.59 Å². The van der Waals surface area contributed by atoms with Crippen LogP contribution in [0.4, 0.5) is 0 Å². The van der Waals surface area contributed by atoms with Gasteiger partial charge >= 0.3 is 0 Å². The highest BCUT2D eigenvalue weighted by atomic mass is 16.3. The van der Waals surface area contributed by atoms with Crippen molar-refractivity contribution in [1.29, 1.82) is 0 Å². The van der Waals surface area contributed by atoms with Crippen LogP contribution in [-0.2, 0) is 0 Å². The first kappa shape index (κ1) is 20.5. The number of carbonyl (C=O) groups excluding carboxylic acids is 2. The molecule has 10 nitrogen and oxygen atoms in total. The van der Waals surface area contributed by atoms with E-state index in [0.29, 0.717) is 0 Å². The highest BCUT2D eigenvalue weighted by Gasteiger charge is 2.30. The Morgan fingerprint density at radius 2 is 1.00 bits per heavy atom. The average molecular weight is 392 g/mol. The summed E-state index contributed by atoms with van der Waals surface area (Å²) in [7, 11) is 0. The molecule has 0 heterocycles. The molecule has 2 aromatic rings. The van der Waals surface area contributed by atoms with Crippen molar-refractivity contribution in [1.82, 2.24) is 10.6 Å². The smallest absolute Gasteiger partial charge is 0.252 e. The third-order valence-electron chi connectivity index (χ3n) is 3.92. The van der Waals surface area contributed by atoms with Gasteiger partial charge in [0.2, 0.25) is 11.5 Å². The summed E-state index contributed by atoms with van der Waals surface area (Å²) >= 11 is 0. The molecular formula is C18H20N2O8. The van der Waals surface area contributed by atoms with Crippen LogP contribution in [0.1, 0.15) is 34.6 Å². The van der Waals surface area contributed by atoms with E-state index in [1.807, 2.05) is 0 Å². The molecule has 2 aromatic carbocycles. The van der Waals surface area contributed by atoms with E-state index in [-0.39, 0.29) is 24.2 Å². The average Bonchev–Trinajstić information content (AvgIpc) is 2.65. The standard InChI is InChI=1S/C18H20N2O8/c1-3-19-17(27)7-5-9(21)13(23)15(25)11(7)12-8(18(28)20-4-2)6-10(22)14(24)16(12)26/h5-6,21-26H,3-4H2,1-2H3,(H,19,27)(H,20,28). The lowest BCUT2D eigenvalue weighted by atomic mass is 9.91. The predicted molar refractivity (Wildman–Crippen MR) is 97.9 cm³/mol. The molecule has 8 N–H and O–H groups in total. The normalized spacial score (nSPS) is 10.5. The Morgan fingerprint density at radius 3 is 1.29 bits per heavy atom. The lowest BCUT2D eigenvalue weighted by Crippen LogP contribution is -2.25. The second-order valence-electron chi connectivity index (χ2n) is 5.75. The number of rotatable bonds is 5. The number of amides is 2. The van der Waals surface area contributed by atoms with Crippen LogP contribution in [0.2, 0.25) is 0 Å². The van der Waals surface area contributed by atoms with Gasteiger partial charge < -0.3 is 41.3 Å². The molecular weight excluding hydrogens is 372 g/mol. The highest BCUT2D eigenvalue weighted by molar-refractivity contribution is 6.10. The maximum absolute atomic E-state index is 12.4. The number of hydrogen-bond acceptors (Lipinski definition) is 8. The van der Waals surface area contributed by atoms with E-state index in [1.54, 1.807) is 13.8 Å². The lowest BCUT2D eigenvalue weighted by Gasteiger charge is -2.18. The Labute approximate surface area is 159 Å². The van der Waals surface area contributed by atoms with Crippen LogP contribution in [0.25, 0.3) is 11.1 Å². The van der Waals surface area contributed by atoms with Crippen LogP contribution in [-0.4, -0.2) is 55.5 Å². The molecule has 2 amide bonds. The summed E-state index contributed by atoms with van der Waals surface area (Å²) in [5.41, 5.74) is -1.81. The fourth-order valence-corrected chi connectivity index (χ4v) is 2.66. The zero-order valence-electron chi connectivity index (χ0n) is 15.1.